The minimum absolute atomic E-state index is 0.0750. The van der Waals surface area contributed by atoms with Gasteiger partial charge in [-0.1, -0.05) is 58.5 Å². The molecule has 0 saturated carbocycles. The Labute approximate surface area is 169 Å². The number of rotatable bonds is 2. The number of ether oxygens (including phenoxy) is 1. The molecule has 3 rings (SSSR count). The molecule has 0 aliphatic carbocycles. The van der Waals surface area contributed by atoms with Crippen molar-refractivity contribution in [3.63, 3.8) is 0 Å². The van der Waals surface area contributed by atoms with Crippen LogP contribution in [0.25, 0.3) is 5.57 Å². The molecule has 0 aromatic heterocycles. The minimum Gasteiger partial charge on any atom is -0.437 e. The van der Waals surface area contributed by atoms with E-state index < -0.39 is 11.7 Å². The summed E-state index contributed by atoms with van der Waals surface area (Å²) in [6.45, 7) is 0. The Bertz CT molecular complexity index is 1020. The fourth-order valence-corrected chi connectivity index (χ4v) is 3.61. The first kappa shape index (κ1) is 18.8. The lowest BCUT2D eigenvalue weighted by Gasteiger charge is -2.08. The maximum Gasteiger partial charge on any atom is 0.216 e. The Kier molecular flexibility index (Phi) is 5.27. The molecule has 1 saturated heterocycles. The molecule has 1 N–H and O–H groups in total. The van der Waals surface area contributed by atoms with Crippen LogP contribution in [0.5, 0.6) is 0 Å². The molecule has 130 valence electrons. The van der Waals surface area contributed by atoms with Crippen LogP contribution in [0.1, 0.15) is 17.0 Å². The van der Waals surface area contributed by atoms with Crippen LogP contribution < -0.4 is 0 Å². The van der Waals surface area contributed by atoms with E-state index in [-0.39, 0.29) is 32.8 Å². The summed E-state index contributed by atoms with van der Waals surface area (Å²) >= 11 is 24.0. The molecular formula is C18H8Cl4N2O2. The summed E-state index contributed by atoms with van der Waals surface area (Å²) in [5, 5.41) is 18.8. The Morgan fingerprint density at radius 1 is 1.04 bits per heavy atom. The molecule has 0 amide bonds. The molecule has 0 spiro atoms. The number of benzene rings is 2. The van der Waals surface area contributed by atoms with E-state index in [0.717, 1.165) is 0 Å². The van der Waals surface area contributed by atoms with Gasteiger partial charge in [0.1, 0.15) is 17.6 Å². The van der Waals surface area contributed by atoms with Gasteiger partial charge in [0.25, 0.3) is 0 Å². The molecule has 1 heterocycles. The third kappa shape index (κ3) is 3.32. The topological polar surface area (TPSA) is 73.9 Å². The third-order valence-corrected chi connectivity index (χ3v) is 4.88. The summed E-state index contributed by atoms with van der Waals surface area (Å²) in [4.78, 5) is 12.9. The van der Waals surface area contributed by atoms with Gasteiger partial charge in [-0.05, 0) is 29.8 Å². The second-order valence-electron chi connectivity index (χ2n) is 5.37. The highest BCUT2D eigenvalue weighted by Gasteiger charge is 2.41. The van der Waals surface area contributed by atoms with Crippen molar-refractivity contribution in [1.82, 2.24) is 0 Å². The molecule has 1 aliphatic rings. The molecule has 0 radical (unpaired) electrons. The Morgan fingerprint density at radius 2 is 1.65 bits per heavy atom. The fraction of sp³-hybridized carbons (Fsp3) is 0.0556. The summed E-state index contributed by atoms with van der Waals surface area (Å²) in [5.74, 6) is -2.18. The first-order valence-electron chi connectivity index (χ1n) is 7.18. The van der Waals surface area contributed by atoms with Crippen LogP contribution in [0.2, 0.25) is 20.1 Å². The molecule has 0 bridgehead atoms. The SMILES string of the molecule is N#C/C(=C1\OC(=N)C(c2ccc(Cl)cc2Cl)C1=O)c1ccc(Cl)cc1Cl. The van der Waals surface area contributed by atoms with Crippen LogP contribution in [0, 0.1) is 16.7 Å². The zero-order valence-electron chi connectivity index (χ0n) is 12.8. The van der Waals surface area contributed by atoms with E-state index in [1.165, 1.54) is 18.2 Å². The quantitative estimate of drug-likeness (QED) is 0.481. The maximum absolute atomic E-state index is 12.9. The lowest BCUT2D eigenvalue weighted by atomic mass is 9.93. The van der Waals surface area contributed by atoms with Gasteiger partial charge in [0.15, 0.2) is 5.76 Å². The third-order valence-electron chi connectivity index (χ3n) is 3.77. The first-order chi connectivity index (χ1) is 12.3. The van der Waals surface area contributed by atoms with Crippen LogP contribution in [0.3, 0.4) is 0 Å². The monoisotopic (exact) mass is 424 g/mol. The van der Waals surface area contributed by atoms with Gasteiger partial charge in [0.2, 0.25) is 11.7 Å². The van der Waals surface area contributed by atoms with E-state index in [2.05, 4.69) is 0 Å². The smallest absolute Gasteiger partial charge is 0.216 e. The number of carbonyl (C=O) groups is 1. The van der Waals surface area contributed by atoms with Gasteiger partial charge in [0.05, 0.1) is 5.02 Å². The lowest BCUT2D eigenvalue weighted by molar-refractivity contribution is -0.115. The van der Waals surface area contributed by atoms with Crippen molar-refractivity contribution in [2.75, 3.05) is 0 Å². The summed E-state index contributed by atoms with van der Waals surface area (Å²) in [6, 6.07) is 11.0. The summed E-state index contributed by atoms with van der Waals surface area (Å²) in [6.07, 6.45) is 0. The predicted molar refractivity (Wildman–Crippen MR) is 102 cm³/mol. The highest BCUT2D eigenvalue weighted by molar-refractivity contribution is 6.37. The molecule has 26 heavy (non-hydrogen) atoms. The van der Waals surface area contributed by atoms with E-state index >= 15 is 0 Å². The van der Waals surface area contributed by atoms with Crippen LogP contribution in [0.4, 0.5) is 0 Å². The van der Waals surface area contributed by atoms with Crippen molar-refractivity contribution < 1.29 is 9.53 Å². The van der Waals surface area contributed by atoms with Gasteiger partial charge in [-0.25, -0.2) is 0 Å². The molecule has 1 unspecified atom stereocenters. The highest BCUT2D eigenvalue weighted by Crippen LogP contribution is 2.39. The van der Waals surface area contributed by atoms with Gasteiger partial charge >= 0.3 is 0 Å². The zero-order valence-corrected chi connectivity index (χ0v) is 15.8. The Morgan fingerprint density at radius 3 is 2.23 bits per heavy atom. The summed E-state index contributed by atoms with van der Waals surface area (Å²) in [5.41, 5.74) is 0.590. The number of nitriles is 1. The number of halogens is 4. The molecular weight excluding hydrogens is 418 g/mol. The average molecular weight is 426 g/mol. The Hall–Kier alpha value is -2.03. The van der Waals surface area contributed by atoms with Gasteiger partial charge < -0.3 is 4.74 Å². The molecule has 8 heteroatoms. The van der Waals surface area contributed by atoms with Crippen molar-refractivity contribution in [2.24, 2.45) is 0 Å². The number of Topliss-reactive ketones (excluding diaryl/α,β-unsaturated/α-hetero) is 1. The van der Waals surface area contributed by atoms with Crippen LogP contribution in [0.15, 0.2) is 42.2 Å². The standard InChI is InChI=1S/C18H8Cl4N2O2/c19-8-1-3-10(13(21)5-8)12(7-23)17-16(25)15(18(24)26-17)11-4-2-9(20)6-14(11)22/h1-6,15,24H/b17-12+,24-18?. The van der Waals surface area contributed by atoms with Gasteiger partial charge in [0, 0.05) is 20.6 Å². The molecule has 1 aliphatic heterocycles. The van der Waals surface area contributed by atoms with E-state index in [0.29, 0.717) is 15.6 Å². The second kappa shape index (κ2) is 7.30. The van der Waals surface area contributed by atoms with Crippen molar-refractivity contribution in [3.05, 3.63) is 73.4 Å². The van der Waals surface area contributed by atoms with E-state index in [1.807, 2.05) is 6.07 Å². The lowest BCUT2D eigenvalue weighted by Crippen LogP contribution is -2.13. The van der Waals surface area contributed by atoms with Crippen LogP contribution >= 0.6 is 46.4 Å². The second-order valence-corrected chi connectivity index (χ2v) is 7.06. The van der Waals surface area contributed by atoms with E-state index in [9.17, 15) is 10.1 Å². The number of nitrogens with one attached hydrogen (secondary N) is 1. The fourth-order valence-electron chi connectivity index (χ4n) is 2.59. The van der Waals surface area contributed by atoms with E-state index in [1.54, 1.807) is 18.2 Å². The first-order valence-corrected chi connectivity index (χ1v) is 8.70. The van der Waals surface area contributed by atoms with Crippen molar-refractivity contribution in [3.8, 4) is 6.07 Å². The average Bonchev–Trinajstić information content (AvgIpc) is 2.85. The maximum atomic E-state index is 12.9. The largest absolute Gasteiger partial charge is 0.437 e. The zero-order chi connectivity index (χ0) is 19.0. The number of hydrogen-bond acceptors (Lipinski definition) is 4. The molecule has 1 fully saturated rings. The molecule has 1 atom stereocenters. The number of carbonyl (C=O) groups excluding carboxylic acids is 1. The van der Waals surface area contributed by atoms with Crippen LogP contribution in [-0.2, 0) is 9.53 Å². The highest BCUT2D eigenvalue weighted by atomic mass is 35.5. The normalized spacial score (nSPS) is 18.5. The number of allylic oxidation sites excluding steroid dienone is 2. The van der Waals surface area contributed by atoms with E-state index in [4.69, 9.17) is 56.5 Å². The van der Waals surface area contributed by atoms with Gasteiger partial charge in [-0.2, -0.15) is 5.26 Å². The number of nitrogens with zero attached hydrogens (tertiary/aromatic N) is 1. The summed E-state index contributed by atoms with van der Waals surface area (Å²) in [7, 11) is 0. The predicted octanol–water partition coefficient (Wildman–Crippen LogP) is 5.90. The van der Waals surface area contributed by atoms with Crippen molar-refractivity contribution in [2.45, 2.75) is 5.92 Å². The molecule has 2 aromatic rings. The van der Waals surface area contributed by atoms with Gasteiger partial charge in [-0.15, -0.1) is 0 Å². The molecule has 4 nitrogen and oxygen atoms in total. The molecule has 2 aromatic carbocycles. The van der Waals surface area contributed by atoms with Crippen LogP contribution in [-0.4, -0.2) is 11.7 Å². The summed E-state index contributed by atoms with van der Waals surface area (Å²) < 4.78 is 5.33. The van der Waals surface area contributed by atoms with Crippen molar-refractivity contribution in [1.29, 1.82) is 10.7 Å². The van der Waals surface area contributed by atoms with Crippen molar-refractivity contribution >= 4 is 63.7 Å². The Balaban J connectivity index is 2.12. The minimum atomic E-state index is -1.05. The number of hydrogen-bond donors (Lipinski definition) is 1. The number of ketones is 1. The van der Waals surface area contributed by atoms with Gasteiger partial charge in [-0.3, -0.25) is 10.2 Å².